The zero-order valence-electron chi connectivity index (χ0n) is 15.8. The van der Waals surface area contributed by atoms with Crippen LogP contribution in [0.4, 0.5) is 28.0 Å². The zero-order chi connectivity index (χ0) is 20.8. The summed E-state index contributed by atoms with van der Waals surface area (Å²) >= 11 is 0. The van der Waals surface area contributed by atoms with Gasteiger partial charge in [0.15, 0.2) is 0 Å². The van der Waals surface area contributed by atoms with E-state index in [1.165, 1.54) is 18.2 Å². The summed E-state index contributed by atoms with van der Waals surface area (Å²) in [7, 11) is 2.01. The van der Waals surface area contributed by atoms with Crippen LogP contribution in [0, 0.1) is 5.82 Å². The van der Waals surface area contributed by atoms with E-state index in [0.29, 0.717) is 18.8 Å². The first-order valence-electron chi connectivity index (χ1n) is 9.46. The molecule has 2 aromatic carbocycles. The molecule has 29 heavy (non-hydrogen) atoms. The van der Waals surface area contributed by atoms with E-state index in [9.17, 15) is 22.4 Å². The van der Waals surface area contributed by atoms with E-state index in [1.54, 1.807) is 11.0 Å². The molecule has 1 unspecified atom stereocenters. The maximum absolute atomic E-state index is 13.4. The second kappa shape index (κ2) is 7.33. The largest absolute Gasteiger partial charge is 0.416 e. The van der Waals surface area contributed by atoms with E-state index >= 15 is 0 Å². The Hall–Kier alpha value is -2.61. The Morgan fingerprint density at radius 2 is 1.83 bits per heavy atom. The van der Waals surface area contributed by atoms with Crippen LogP contribution in [0.15, 0.2) is 42.5 Å². The summed E-state index contributed by atoms with van der Waals surface area (Å²) < 4.78 is 51.2. The SMILES string of the molecule is CN(C1CN(C(=O)Nc2ccc(C(F)(F)F)cc2)C1)C1CCc2cc(F)ccc21. The number of aryl methyl sites for hydroxylation is 1. The highest BCUT2D eigenvalue weighted by Gasteiger charge is 2.38. The van der Waals surface area contributed by atoms with Gasteiger partial charge in [0.2, 0.25) is 0 Å². The number of benzene rings is 2. The van der Waals surface area contributed by atoms with Gasteiger partial charge in [-0.3, -0.25) is 4.90 Å². The molecule has 0 radical (unpaired) electrons. The van der Waals surface area contributed by atoms with Crippen molar-refractivity contribution in [2.75, 3.05) is 25.5 Å². The number of hydrogen-bond acceptors (Lipinski definition) is 2. The lowest BCUT2D eigenvalue weighted by molar-refractivity contribution is -0.137. The van der Waals surface area contributed by atoms with Crippen molar-refractivity contribution in [3.05, 3.63) is 65.0 Å². The van der Waals surface area contributed by atoms with Crippen LogP contribution in [0.3, 0.4) is 0 Å². The number of amides is 2. The van der Waals surface area contributed by atoms with Crippen molar-refractivity contribution in [3.8, 4) is 0 Å². The third-order valence-corrected chi connectivity index (χ3v) is 5.83. The van der Waals surface area contributed by atoms with E-state index in [2.05, 4.69) is 10.2 Å². The first-order valence-corrected chi connectivity index (χ1v) is 9.46. The standard InChI is InChI=1S/C21H21F4N3O/c1-27(19-9-2-13-10-15(22)5-8-18(13)19)17-11-28(12-17)20(29)26-16-6-3-14(4-7-16)21(23,24)25/h3-8,10,17,19H,2,9,11-12H2,1H3,(H,26,29). The molecule has 1 atom stereocenters. The summed E-state index contributed by atoms with van der Waals surface area (Å²) in [5.74, 6) is -0.221. The number of fused-ring (bicyclic) bond motifs is 1. The van der Waals surface area contributed by atoms with E-state index in [-0.39, 0.29) is 23.9 Å². The quantitative estimate of drug-likeness (QED) is 0.750. The lowest BCUT2D eigenvalue weighted by atomic mass is 10.0. The molecule has 1 saturated heterocycles. The molecule has 2 amide bonds. The Labute approximate surface area is 166 Å². The number of carbonyl (C=O) groups is 1. The highest BCUT2D eigenvalue weighted by molar-refractivity contribution is 5.90. The monoisotopic (exact) mass is 407 g/mol. The van der Waals surface area contributed by atoms with Crippen LogP contribution < -0.4 is 5.32 Å². The minimum absolute atomic E-state index is 0.189. The lowest BCUT2D eigenvalue weighted by Crippen LogP contribution is -2.61. The normalized spacial score (nSPS) is 19.2. The van der Waals surface area contributed by atoms with Gasteiger partial charge in [-0.2, -0.15) is 13.2 Å². The number of anilines is 1. The minimum Gasteiger partial charge on any atom is -0.321 e. The van der Waals surface area contributed by atoms with Crippen LogP contribution in [-0.2, 0) is 12.6 Å². The van der Waals surface area contributed by atoms with Crippen molar-refractivity contribution in [3.63, 3.8) is 0 Å². The van der Waals surface area contributed by atoms with Gasteiger partial charge in [0.25, 0.3) is 0 Å². The number of carbonyl (C=O) groups excluding carboxylic acids is 1. The fourth-order valence-corrected chi connectivity index (χ4v) is 4.06. The Kier molecular flexibility index (Phi) is 4.98. The first-order chi connectivity index (χ1) is 13.7. The number of urea groups is 1. The Bertz CT molecular complexity index is 907. The van der Waals surface area contributed by atoms with Gasteiger partial charge in [-0.15, -0.1) is 0 Å². The molecule has 1 fully saturated rings. The minimum atomic E-state index is -4.40. The number of alkyl halides is 3. The average Bonchev–Trinajstić information content (AvgIpc) is 3.03. The maximum atomic E-state index is 13.4. The number of likely N-dealkylation sites (tertiary alicyclic amines) is 1. The summed E-state index contributed by atoms with van der Waals surface area (Å²) in [5, 5.41) is 2.63. The Balaban J connectivity index is 1.31. The number of likely N-dealkylation sites (N-methyl/N-ethyl adjacent to an activating group) is 1. The molecule has 2 aliphatic rings. The summed E-state index contributed by atoms with van der Waals surface area (Å²) in [4.78, 5) is 16.2. The Morgan fingerprint density at radius 3 is 2.48 bits per heavy atom. The molecule has 4 nitrogen and oxygen atoms in total. The predicted octanol–water partition coefficient (Wildman–Crippen LogP) is 4.68. The molecule has 0 spiro atoms. The molecule has 2 aromatic rings. The van der Waals surface area contributed by atoms with Crippen molar-refractivity contribution in [1.29, 1.82) is 0 Å². The highest BCUT2D eigenvalue weighted by atomic mass is 19.4. The number of halogens is 4. The number of rotatable bonds is 3. The number of nitrogens with one attached hydrogen (secondary N) is 1. The molecule has 0 saturated carbocycles. The van der Waals surface area contributed by atoms with Crippen molar-refractivity contribution >= 4 is 11.7 Å². The molecular formula is C21H21F4N3O. The molecule has 0 bridgehead atoms. The molecule has 1 N–H and O–H groups in total. The topological polar surface area (TPSA) is 35.6 Å². The van der Waals surface area contributed by atoms with Crippen LogP contribution in [0.1, 0.15) is 29.2 Å². The second-order valence-electron chi connectivity index (χ2n) is 7.63. The van der Waals surface area contributed by atoms with Gasteiger partial charge in [-0.05, 0) is 67.4 Å². The second-order valence-corrected chi connectivity index (χ2v) is 7.63. The molecular weight excluding hydrogens is 386 g/mol. The van der Waals surface area contributed by atoms with E-state index in [0.717, 1.165) is 36.1 Å². The van der Waals surface area contributed by atoms with Gasteiger partial charge in [0.1, 0.15) is 5.82 Å². The summed E-state index contributed by atoms with van der Waals surface area (Å²) in [6.45, 7) is 1.08. The van der Waals surface area contributed by atoms with Gasteiger partial charge in [0.05, 0.1) is 5.56 Å². The fourth-order valence-electron chi connectivity index (χ4n) is 4.06. The number of hydrogen-bond donors (Lipinski definition) is 1. The third kappa shape index (κ3) is 3.94. The van der Waals surface area contributed by atoms with E-state index < -0.39 is 11.7 Å². The predicted molar refractivity (Wildman–Crippen MR) is 101 cm³/mol. The molecule has 4 rings (SSSR count). The summed E-state index contributed by atoms with van der Waals surface area (Å²) in [6, 6.07) is 9.37. The fraction of sp³-hybridized carbons (Fsp3) is 0.381. The van der Waals surface area contributed by atoms with E-state index in [1.807, 2.05) is 13.1 Å². The van der Waals surface area contributed by atoms with Crippen LogP contribution in [-0.4, -0.2) is 42.0 Å². The van der Waals surface area contributed by atoms with E-state index in [4.69, 9.17) is 0 Å². The first kappa shape index (κ1) is 19.7. The molecule has 1 heterocycles. The summed E-state index contributed by atoms with van der Waals surface area (Å²) in [5.41, 5.74) is 1.75. The van der Waals surface area contributed by atoms with Gasteiger partial charge >= 0.3 is 12.2 Å². The molecule has 8 heteroatoms. The van der Waals surface area contributed by atoms with Gasteiger partial charge in [-0.1, -0.05) is 6.07 Å². The van der Waals surface area contributed by atoms with Crippen molar-refractivity contribution in [1.82, 2.24) is 9.80 Å². The molecule has 1 aliphatic carbocycles. The van der Waals surface area contributed by atoms with Crippen molar-refractivity contribution in [2.24, 2.45) is 0 Å². The molecule has 0 aromatic heterocycles. The summed E-state index contributed by atoms with van der Waals surface area (Å²) in [6.07, 6.45) is -2.64. The van der Waals surface area contributed by atoms with Crippen LogP contribution >= 0.6 is 0 Å². The zero-order valence-corrected chi connectivity index (χ0v) is 15.8. The Morgan fingerprint density at radius 1 is 1.14 bits per heavy atom. The molecule has 154 valence electrons. The lowest BCUT2D eigenvalue weighted by Gasteiger charge is -2.46. The van der Waals surface area contributed by atoms with Crippen LogP contribution in [0.5, 0.6) is 0 Å². The number of nitrogens with zero attached hydrogens (tertiary/aromatic N) is 2. The molecule has 1 aliphatic heterocycles. The van der Waals surface area contributed by atoms with Gasteiger partial charge in [0, 0.05) is 30.9 Å². The van der Waals surface area contributed by atoms with Crippen LogP contribution in [0.25, 0.3) is 0 Å². The third-order valence-electron chi connectivity index (χ3n) is 5.83. The van der Waals surface area contributed by atoms with Crippen molar-refractivity contribution < 1.29 is 22.4 Å². The van der Waals surface area contributed by atoms with Gasteiger partial charge < -0.3 is 10.2 Å². The van der Waals surface area contributed by atoms with Crippen molar-refractivity contribution in [2.45, 2.75) is 31.1 Å². The maximum Gasteiger partial charge on any atom is 0.416 e. The smallest absolute Gasteiger partial charge is 0.321 e. The van der Waals surface area contributed by atoms with Gasteiger partial charge in [-0.25, -0.2) is 9.18 Å². The highest BCUT2D eigenvalue weighted by Crippen LogP contribution is 2.37. The average molecular weight is 407 g/mol. The van der Waals surface area contributed by atoms with Crippen LogP contribution in [0.2, 0.25) is 0 Å².